The zero-order chi connectivity index (χ0) is 58.5. The van der Waals surface area contributed by atoms with Gasteiger partial charge in [0, 0.05) is 19.3 Å². The predicted molar refractivity (Wildman–Crippen MR) is 352 cm³/mol. The highest BCUT2D eigenvalue weighted by Gasteiger charge is 2.19. The van der Waals surface area contributed by atoms with Gasteiger partial charge < -0.3 is 14.2 Å². The molecule has 0 aromatic heterocycles. The number of carbonyl (C=O) groups is 3. The van der Waals surface area contributed by atoms with E-state index in [1.807, 2.05) is 0 Å². The second-order valence-electron chi connectivity index (χ2n) is 21.6. The van der Waals surface area contributed by atoms with Crippen LogP contribution in [0.15, 0.2) is 146 Å². The first kappa shape index (κ1) is 76.3. The van der Waals surface area contributed by atoms with Gasteiger partial charge in [-0.1, -0.05) is 269 Å². The van der Waals surface area contributed by atoms with Crippen LogP contribution in [-0.4, -0.2) is 37.2 Å². The summed E-state index contributed by atoms with van der Waals surface area (Å²) in [6.45, 7) is 6.45. The van der Waals surface area contributed by atoms with Gasteiger partial charge in [-0.05, 0) is 148 Å². The highest BCUT2D eigenvalue weighted by Crippen LogP contribution is 2.15. The summed E-state index contributed by atoms with van der Waals surface area (Å²) in [6.07, 6.45) is 97.0. The SMILES string of the molecule is CC/C=C\C/C=C\C/C=C\C/C=C\C/C=C\C/C=C\C/C=C\CCCCCCCCCC(=O)OCC(COC(=O)CCCCCCC/C=C\C/C=C\CCCCC)OC(=O)CCCCCCCC/C=C\C/C=C\C/C=C\CCCCC. The summed E-state index contributed by atoms with van der Waals surface area (Å²) >= 11 is 0. The Kier molecular flexibility index (Phi) is 63.9. The molecule has 0 aliphatic rings. The number of esters is 3. The quantitative estimate of drug-likeness (QED) is 0.0261. The predicted octanol–water partition coefficient (Wildman–Crippen LogP) is 23.1. The molecule has 0 spiro atoms. The molecule has 0 amide bonds. The number of carbonyl (C=O) groups excluding carboxylic acids is 3. The van der Waals surface area contributed by atoms with Crippen molar-refractivity contribution in [2.75, 3.05) is 13.2 Å². The molecule has 0 heterocycles. The largest absolute Gasteiger partial charge is 0.462 e. The van der Waals surface area contributed by atoms with E-state index in [0.29, 0.717) is 19.3 Å². The summed E-state index contributed by atoms with van der Waals surface area (Å²) in [5.74, 6) is -0.933. The maximum Gasteiger partial charge on any atom is 0.306 e. The van der Waals surface area contributed by atoms with Gasteiger partial charge in [0.05, 0.1) is 0 Å². The fourth-order valence-corrected chi connectivity index (χ4v) is 8.81. The molecular formula is C75H122O6. The van der Waals surface area contributed by atoms with Gasteiger partial charge in [-0.25, -0.2) is 0 Å². The first-order valence-corrected chi connectivity index (χ1v) is 33.3. The number of unbranched alkanes of at least 4 members (excludes halogenated alkanes) is 24. The van der Waals surface area contributed by atoms with Crippen LogP contribution in [0, 0.1) is 0 Å². The molecule has 0 radical (unpaired) electrons. The standard InChI is InChI=1S/C75H122O6/c1-4-7-10-13-16-19-22-25-28-30-32-33-34-35-36-37-38-39-40-41-43-44-47-50-53-56-59-62-65-68-74(77)80-71-72(70-79-73(76)67-64-61-58-55-52-49-46-27-24-21-18-15-12-9-6-3)81-75(78)69-66-63-60-57-54-51-48-45-42-31-29-26-23-20-17-14-11-8-5-2/h7,10,16-21,25-29,32-33,35-36,38-39,41-43,45-46,72H,4-6,8-9,11-15,22-24,30-31,34,37,40,44,47-71H2,1-3H3/b10-7-,19-16-,20-17-,21-18-,28-25-,29-26-,33-32-,36-35-,39-38-,43-41-,45-42-,46-27-. The zero-order valence-electron chi connectivity index (χ0n) is 52.5. The maximum absolute atomic E-state index is 12.9. The van der Waals surface area contributed by atoms with E-state index >= 15 is 0 Å². The lowest BCUT2D eigenvalue weighted by atomic mass is 10.1. The Morgan fingerprint density at radius 2 is 0.481 bits per heavy atom. The summed E-state index contributed by atoms with van der Waals surface area (Å²) in [5.41, 5.74) is 0. The second-order valence-corrected chi connectivity index (χ2v) is 21.6. The molecule has 1 atom stereocenters. The van der Waals surface area contributed by atoms with Crippen LogP contribution in [0.1, 0.15) is 290 Å². The van der Waals surface area contributed by atoms with Crippen LogP contribution in [0.4, 0.5) is 0 Å². The minimum atomic E-state index is -0.804. The molecule has 0 rings (SSSR count). The Balaban J connectivity index is 4.41. The lowest BCUT2D eigenvalue weighted by molar-refractivity contribution is -0.167. The van der Waals surface area contributed by atoms with Crippen LogP contribution >= 0.6 is 0 Å². The third-order valence-electron chi connectivity index (χ3n) is 13.8. The molecule has 1 unspecified atom stereocenters. The van der Waals surface area contributed by atoms with Crippen LogP contribution in [0.5, 0.6) is 0 Å². The summed E-state index contributed by atoms with van der Waals surface area (Å²) < 4.78 is 16.9. The van der Waals surface area contributed by atoms with Gasteiger partial charge >= 0.3 is 17.9 Å². The highest BCUT2D eigenvalue weighted by molar-refractivity contribution is 5.71. The van der Waals surface area contributed by atoms with Gasteiger partial charge in [0.2, 0.25) is 0 Å². The Hall–Kier alpha value is -4.71. The monoisotopic (exact) mass is 1120 g/mol. The van der Waals surface area contributed by atoms with Gasteiger partial charge in [0.25, 0.3) is 0 Å². The van der Waals surface area contributed by atoms with Crippen molar-refractivity contribution in [3.63, 3.8) is 0 Å². The molecule has 0 aromatic rings. The lowest BCUT2D eigenvalue weighted by Crippen LogP contribution is -2.30. The Labute approximate surface area is 499 Å². The van der Waals surface area contributed by atoms with Crippen LogP contribution in [0.3, 0.4) is 0 Å². The smallest absolute Gasteiger partial charge is 0.306 e. The van der Waals surface area contributed by atoms with Crippen LogP contribution in [0.25, 0.3) is 0 Å². The van der Waals surface area contributed by atoms with Gasteiger partial charge in [0.15, 0.2) is 6.10 Å². The molecule has 458 valence electrons. The van der Waals surface area contributed by atoms with Crippen molar-refractivity contribution in [2.24, 2.45) is 0 Å². The molecular weight excluding hydrogens is 997 g/mol. The first-order chi connectivity index (χ1) is 40.0. The fraction of sp³-hybridized carbons (Fsp3) is 0.640. The van der Waals surface area contributed by atoms with Crippen molar-refractivity contribution in [2.45, 2.75) is 297 Å². The highest BCUT2D eigenvalue weighted by atomic mass is 16.6. The van der Waals surface area contributed by atoms with E-state index in [2.05, 4.69) is 167 Å². The Morgan fingerprint density at radius 3 is 0.753 bits per heavy atom. The van der Waals surface area contributed by atoms with Crippen molar-refractivity contribution in [3.05, 3.63) is 146 Å². The van der Waals surface area contributed by atoms with Crippen LogP contribution in [0.2, 0.25) is 0 Å². The van der Waals surface area contributed by atoms with Crippen LogP contribution < -0.4 is 0 Å². The zero-order valence-corrected chi connectivity index (χ0v) is 52.5. The first-order valence-electron chi connectivity index (χ1n) is 33.3. The molecule has 0 saturated carbocycles. The average molecular weight is 1120 g/mol. The topological polar surface area (TPSA) is 78.9 Å². The van der Waals surface area contributed by atoms with E-state index < -0.39 is 6.10 Å². The molecule has 0 aromatic carbocycles. The van der Waals surface area contributed by atoms with Gasteiger partial charge in [-0.2, -0.15) is 0 Å². The van der Waals surface area contributed by atoms with E-state index in [1.54, 1.807) is 0 Å². The number of hydrogen-bond acceptors (Lipinski definition) is 6. The Morgan fingerprint density at radius 1 is 0.259 bits per heavy atom. The molecule has 81 heavy (non-hydrogen) atoms. The summed E-state index contributed by atoms with van der Waals surface area (Å²) in [4.78, 5) is 38.4. The summed E-state index contributed by atoms with van der Waals surface area (Å²) in [5, 5.41) is 0. The fourth-order valence-electron chi connectivity index (χ4n) is 8.81. The van der Waals surface area contributed by atoms with Crippen molar-refractivity contribution in [3.8, 4) is 0 Å². The number of rotatable bonds is 59. The van der Waals surface area contributed by atoms with Crippen molar-refractivity contribution < 1.29 is 28.6 Å². The third kappa shape index (κ3) is 66.0. The van der Waals surface area contributed by atoms with Crippen molar-refractivity contribution >= 4 is 17.9 Å². The van der Waals surface area contributed by atoms with E-state index in [-0.39, 0.29) is 31.1 Å². The number of hydrogen-bond donors (Lipinski definition) is 0. The van der Waals surface area contributed by atoms with Gasteiger partial charge in [0.1, 0.15) is 13.2 Å². The molecule has 0 aliphatic carbocycles. The number of allylic oxidation sites excluding steroid dienone is 24. The summed E-state index contributed by atoms with van der Waals surface area (Å²) in [6, 6.07) is 0. The van der Waals surface area contributed by atoms with E-state index in [4.69, 9.17) is 14.2 Å². The normalized spacial score (nSPS) is 13.1. The second kappa shape index (κ2) is 67.8. The van der Waals surface area contributed by atoms with Crippen LogP contribution in [-0.2, 0) is 28.6 Å². The van der Waals surface area contributed by atoms with Crippen molar-refractivity contribution in [1.82, 2.24) is 0 Å². The molecule has 0 bridgehead atoms. The maximum atomic E-state index is 12.9. The van der Waals surface area contributed by atoms with E-state index in [9.17, 15) is 14.4 Å². The number of ether oxygens (including phenoxy) is 3. The van der Waals surface area contributed by atoms with E-state index in [1.165, 1.54) is 89.9 Å². The molecule has 0 aliphatic heterocycles. The van der Waals surface area contributed by atoms with Crippen molar-refractivity contribution in [1.29, 1.82) is 0 Å². The molecule has 6 heteroatoms. The molecule has 0 fully saturated rings. The lowest BCUT2D eigenvalue weighted by Gasteiger charge is -2.18. The van der Waals surface area contributed by atoms with E-state index in [0.717, 1.165) is 161 Å². The molecule has 6 nitrogen and oxygen atoms in total. The summed E-state index contributed by atoms with van der Waals surface area (Å²) in [7, 11) is 0. The Bertz CT molecular complexity index is 1760. The molecule has 0 saturated heterocycles. The minimum Gasteiger partial charge on any atom is -0.462 e. The third-order valence-corrected chi connectivity index (χ3v) is 13.8. The average Bonchev–Trinajstić information content (AvgIpc) is 3.47. The van der Waals surface area contributed by atoms with Gasteiger partial charge in [-0.15, -0.1) is 0 Å². The molecule has 0 N–H and O–H groups in total. The van der Waals surface area contributed by atoms with Gasteiger partial charge in [-0.3, -0.25) is 14.4 Å². The minimum absolute atomic E-state index is 0.0986.